The summed E-state index contributed by atoms with van der Waals surface area (Å²) in [6.07, 6.45) is 6.49. The molecule has 1 fully saturated rings. The largest absolute Gasteiger partial charge is 0.421 e. The monoisotopic (exact) mass is 527 g/mol. The first-order chi connectivity index (χ1) is 18.6. The third-order valence-corrected chi connectivity index (χ3v) is 7.15. The molecular formula is C28H29N7O2S. The molecule has 0 saturated carbocycles. The molecule has 2 aromatic carbocycles. The van der Waals surface area contributed by atoms with Crippen molar-refractivity contribution in [3.63, 3.8) is 0 Å². The second kappa shape index (κ2) is 11.9. The number of nitrogens with zero attached hydrogens (tertiary/aromatic N) is 5. The van der Waals surface area contributed by atoms with Crippen LogP contribution in [0.5, 0.6) is 0 Å². The molecule has 0 aliphatic carbocycles. The summed E-state index contributed by atoms with van der Waals surface area (Å²) < 4.78 is 5.51. The van der Waals surface area contributed by atoms with Crippen LogP contribution < -0.4 is 5.32 Å². The van der Waals surface area contributed by atoms with E-state index in [2.05, 4.69) is 49.7 Å². The topological polar surface area (TPSA) is 111 Å². The predicted octanol–water partition coefficient (Wildman–Crippen LogP) is 5.21. The highest BCUT2D eigenvalue weighted by atomic mass is 32.1. The lowest BCUT2D eigenvalue weighted by atomic mass is 10.0. The molecule has 5 rings (SSSR count). The van der Waals surface area contributed by atoms with Gasteiger partial charge >= 0.3 is 0 Å². The Morgan fingerprint density at radius 2 is 2.00 bits per heavy atom. The Kier molecular flexibility index (Phi) is 8.01. The van der Waals surface area contributed by atoms with E-state index < -0.39 is 0 Å². The number of likely N-dealkylation sites (tertiary alicyclic amines) is 1. The number of benzene rings is 2. The van der Waals surface area contributed by atoms with Crippen LogP contribution in [0.3, 0.4) is 0 Å². The summed E-state index contributed by atoms with van der Waals surface area (Å²) in [4.78, 5) is 21.6. The zero-order valence-corrected chi connectivity index (χ0v) is 21.9. The molecule has 1 aliphatic heterocycles. The summed E-state index contributed by atoms with van der Waals surface area (Å²) in [7, 11) is 0. The SMILES string of the molecule is Cc1nnc(-c2cccc(N/C=C\C(=N)N(C(=O)c3nccs3)C3CCN(Cc4ccccc4)CC3)c2)o1. The Hall–Kier alpha value is -4.15. The second-order valence-corrected chi connectivity index (χ2v) is 9.97. The van der Waals surface area contributed by atoms with Gasteiger partial charge in [-0.25, -0.2) is 4.98 Å². The van der Waals surface area contributed by atoms with Gasteiger partial charge in [0.05, 0.1) is 0 Å². The van der Waals surface area contributed by atoms with Crippen LogP contribution in [0.2, 0.25) is 0 Å². The van der Waals surface area contributed by atoms with Crippen LogP contribution in [-0.4, -0.2) is 55.9 Å². The van der Waals surface area contributed by atoms with Gasteiger partial charge in [0, 0.05) is 61.6 Å². The molecule has 1 amide bonds. The molecule has 1 aliphatic rings. The third kappa shape index (κ3) is 6.21. The van der Waals surface area contributed by atoms with Crippen LogP contribution in [0.25, 0.3) is 11.5 Å². The Labute approximate surface area is 225 Å². The smallest absolute Gasteiger partial charge is 0.288 e. The number of hydrogen-bond donors (Lipinski definition) is 2. The number of aryl methyl sites for hydroxylation is 1. The summed E-state index contributed by atoms with van der Waals surface area (Å²) in [5.41, 5.74) is 2.87. The third-order valence-electron chi connectivity index (χ3n) is 6.39. The lowest BCUT2D eigenvalue weighted by Gasteiger charge is -2.37. The van der Waals surface area contributed by atoms with E-state index in [0.717, 1.165) is 43.7 Å². The maximum atomic E-state index is 13.4. The van der Waals surface area contributed by atoms with E-state index in [9.17, 15) is 4.79 Å². The highest BCUT2D eigenvalue weighted by molar-refractivity contribution is 7.11. The Balaban J connectivity index is 1.25. The minimum Gasteiger partial charge on any atom is -0.421 e. The molecule has 0 atom stereocenters. The molecule has 4 aromatic rings. The Morgan fingerprint density at radius 1 is 1.18 bits per heavy atom. The first kappa shape index (κ1) is 25.5. The van der Waals surface area contributed by atoms with Crippen molar-refractivity contribution in [1.29, 1.82) is 5.41 Å². The molecule has 2 aromatic heterocycles. The number of aromatic nitrogens is 3. The number of amides is 1. The highest BCUT2D eigenvalue weighted by Crippen LogP contribution is 2.23. The van der Waals surface area contributed by atoms with Gasteiger partial charge in [0.25, 0.3) is 5.91 Å². The Morgan fingerprint density at radius 3 is 2.71 bits per heavy atom. The molecule has 0 spiro atoms. The number of piperidine rings is 1. The van der Waals surface area contributed by atoms with E-state index in [1.54, 1.807) is 35.7 Å². The maximum absolute atomic E-state index is 13.4. The van der Waals surface area contributed by atoms with Crippen molar-refractivity contribution in [3.05, 3.63) is 94.9 Å². The van der Waals surface area contributed by atoms with Crippen LogP contribution in [0, 0.1) is 12.3 Å². The predicted molar refractivity (Wildman–Crippen MR) is 148 cm³/mol. The van der Waals surface area contributed by atoms with Crippen molar-refractivity contribution >= 4 is 28.8 Å². The van der Waals surface area contributed by atoms with Crippen molar-refractivity contribution in [3.8, 4) is 11.5 Å². The summed E-state index contributed by atoms with van der Waals surface area (Å²) in [6, 6.07) is 17.9. The standard InChI is InChI=1S/C28H29N7O2S/c1-20-32-33-26(37-20)22-8-5-9-23(18-22)30-13-10-25(29)35(28(36)27-31-14-17-38-27)24-11-15-34(16-12-24)19-21-6-3-2-4-7-21/h2-10,13-14,17-18,24,29-30H,11-12,15-16,19H2,1H3/b13-10-,29-25?. The van der Waals surface area contributed by atoms with Crippen LogP contribution >= 0.6 is 11.3 Å². The number of carbonyl (C=O) groups is 1. The molecule has 9 nitrogen and oxygen atoms in total. The fraction of sp³-hybridized carbons (Fsp3) is 0.250. The number of carbonyl (C=O) groups excluding carboxylic acids is 1. The molecule has 3 heterocycles. The van der Waals surface area contributed by atoms with Crippen LogP contribution in [0.4, 0.5) is 5.69 Å². The summed E-state index contributed by atoms with van der Waals surface area (Å²) in [6.45, 7) is 4.35. The summed E-state index contributed by atoms with van der Waals surface area (Å²) in [5.74, 6) is 0.845. The molecule has 1 saturated heterocycles. The minimum absolute atomic E-state index is 0.0698. The van der Waals surface area contributed by atoms with Gasteiger partial charge in [-0.1, -0.05) is 36.4 Å². The lowest BCUT2D eigenvalue weighted by molar-refractivity contribution is 0.0729. The van der Waals surface area contributed by atoms with Crippen molar-refractivity contribution in [2.45, 2.75) is 32.4 Å². The van der Waals surface area contributed by atoms with E-state index in [1.165, 1.54) is 16.9 Å². The fourth-order valence-corrected chi connectivity index (χ4v) is 5.11. The molecule has 10 heteroatoms. The van der Waals surface area contributed by atoms with Gasteiger partial charge in [-0.15, -0.1) is 21.5 Å². The van der Waals surface area contributed by atoms with Crippen LogP contribution in [-0.2, 0) is 6.54 Å². The number of thiazole rings is 1. The normalized spacial score (nSPS) is 14.6. The van der Waals surface area contributed by atoms with Crippen molar-refractivity contribution in [1.82, 2.24) is 25.0 Å². The maximum Gasteiger partial charge on any atom is 0.288 e. The molecular weight excluding hydrogens is 498 g/mol. The zero-order valence-electron chi connectivity index (χ0n) is 21.1. The first-order valence-electron chi connectivity index (χ1n) is 12.5. The van der Waals surface area contributed by atoms with Crippen LogP contribution in [0.15, 0.2) is 82.9 Å². The van der Waals surface area contributed by atoms with E-state index in [1.807, 2.05) is 30.3 Å². The van der Waals surface area contributed by atoms with Crippen molar-refractivity contribution in [2.75, 3.05) is 18.4 Å². The zero-order chi connectivity index (χ0) is 26.3. The molecule has 194 valence electrons. The second-order valence-electron chi connectivity index (χ2n) is 9.08. The average molecular weight is 528 g/mol. The van der Waals surface area contributed by atoms with Gasteiger partial charge in [-0.3, -0.25) is 20.0 Å². The number of nitrogens with one attached hydrogen (secondary N) is 2. The number of anilines is 1. The number of hydrogen-bond acceptors (Lipinski definition) is 9. The van der Waals surface area contributed by atoms with Gasteiger partial charge in [0.1, 0.15) is 5.84 Å². The molecule has 38 heavy (non-hydrogen) atoms. The number of amidine groups is 1. The van der Waals surface area contributed by atoms with Crippen molar-refractivity contribution < 1.29 is 9.21 Å². The average Bonchev–Trinajstić information content (AvgIpc) is 3.63. The van der Waals surface area contributed by atoms with Gasteiger partial charge in [0.2, 0.25) is 11.8 Å². The molecule has 0 bridgehead atoms. The molecule has 2 N–H and O–H groups in total. The lowest BCUT2D eigenvalue weighted by Crippen LogP contribution is -2.49. The number of rotatable bonds is 8. The minimum atomic E-state index is -0.232. The quantitative estimate of drug-likeness (QED) is 0.239. The van der Waals surface area contributed by atoms with Crippen molar-refractivity contribution in [2.24, 2.45) is 0 Å². The summed E-state index contributed by atoms with van der Waals surface area (Å²) in [5, 5.41) is 22.1. The van der Waals surface area contributed by atoms with E-state index in [0.29, 0.717) is 16.8 Å². The highest BCUT2D eigenvalue weighted by Gasteiger charge is 2.31. The van der Waals surface area contributed by atoms with E-state index in [4.69, 9.17) is 9.83 Å². The molecule has 0 unspecified atom stereocenters. The van der Waals surface area contributed by atoms with Crippen LogP contribution in [0.1, 0.15) is 34.1 Å². The van der Waals surface area contributed by atoms with Gasteiger partial charge in [0.15, 0.2) is 5.01 Å². The van der Waals surface area contributed by atoms with Gasteiger partial charge in [-0.05, 0) is 42.7 Å². The van der Waals surface area contributed by atoms with Gasteiger partial charge < -0.3 is 9.73 Å². The Bertz CT molecular complexity index is 1390. The van der Waals surface area contributed by atoms with E-state index >= 15 is 0 Å². The molecule has 0 radical (unpaired) electrons. The summed E-state index contributed by atoms with van der Waals surface area (Å²) >= 11 is 1.30. The fourth-order valence-electron chi connectivity index (χ4n) is 4.53. The van der Waals surface area contributed by atoms with Gasteiger partial charge in [-0.2, -0.15) is 0 Å². The first-order valence-corrected chi connectivity index (χ1v) is 13.4. The van der Waals surface area contributed by atoms with E-state index in [-0.39, 0.29) is 17.8 Å².